The molecule has 96 valence electrons. The van der Waals surface area contributed by atoms with Gasteiger partial charge in [-0.15, -0.1) is 11.3 Å². The smallest absolute Gasteiger partial charge is 0.150 e. The average Bonchev–Trinajstić information content (AvgIpc) is 2.83. The fourth-order valence-electron chi connectivity index (χ4n) is 1.81. The topological polar surface area (TPSA) is 44.1 Å². The minimum absolute atomic E-state index is 0.495. The molecule has 2 rings (SSSR count). The van der Waals surface area contributed by atoms with Gasteiger partial charge in [0, 0.05) is 17.5 Å². The minimum atomic E-state index is 0.495. The lowest BCUT2D eigenvalue weighted by Crippen LogP contribution is -2.16. The first-order chi connectivity index (χ1) is 9.13. The van der Waals surface area contributed by atoms with Gasteiger partial charge < -0.3 is 4.90 Å². The van der Waals surface area contributed by atoms with E-state index in [-0.39, 0.29) is 0 Å². The van der Waals surface area contributed by atoms with Crippen LogP contribution in [0.25, 0.3) is 0 Å². The van der Waals surface area contributed by atoms with Crippen molar-refractivity contribution in [3.63, 3.8) is 0 Å². The van der Waals surface area contributed by atoms with Crippen LogP contribution in [0.2, 0.25) is 4.34 Å². The molecule has 0 spiro atoms. The molecule has 5 heteroatoms. The number of carbonyl (C=O) groups is 1. The van der Waals surface area contributed by atoms with E-state index in [1.165, 1.54) is 11.3 Å². The number of anilines is 1. The van der Waals surface area contributed by atoms with E-state index >= 15 is 0 Å². The predicted molar refractivity (Wildman–Crippen MR) is 78.0 cm³/mol. The van der Waals surface area contributed by atoms with Gasteiger partial charge in [0.05, 0.1) is 22.1 Å². The van der Waals surface area contributed by atoms with Crippen molar-refractivity contribution in [1.82, 2.24) is 0 Å². The van der Waals surface area contributed by atoms with Gasteiger partial charge in [-0.2, -0.15) is 5.26 Å². The zero-order chi connectivity index (χ0) is 13.8. The fraction of sp³-hybridized carbons (Fsp3) is 0.143. The second-order valence-corrected chi connectivity index (χ2v) is 5.87. The lowest BCUT2D eigenvalue weighted by molar-refractivity contribution is 0.112. The second kappa shape index (κ2) is 5.87. The molecule has 0 N–H and O–H groups in total. The number of nitriles is 1. The molecule has 0 fully saturated rings. The highest BCUT2D eigenvalue weighted by Crippen LogP contribution is 2.26. The Morgan fingerprint density at radius 2 is 2.21 bits per heavy atom. The Labute approximate surface area is 120 Å². The Bertz CT molecular complexity index is 645. The van der Waals surface area contributed by atoms with Crippen molar-refractivity contribution >= 4 is 34.9 Å². The van der Waals surface area contributed by atoms with Gasteiger partial charge in [0.25, 0.3) is 0 Å². The molecule has 0 atom stereocenters. The summed E-state index contributed by atoms with van der Waals surface area (Å²) in [6.07, 6.45) is 0.740. The van der Waals surface area contributed by atoms with E-state index in [2.05, 4.69) is 6.07 Å². The normalized spacial score (nSPS) is 9.95. The first-order valence-corrected chi connectivity index (χ1v) is 6.78. The van der Waals surface area contributed by atoms with Crippen LogP contribution in [-0.4, -0.2) is 13.3 Å². The van der Waals surface area contributed by atoms with Crippen LogP contribution in [0.15, 0.2) is 30.3 Å². The van der Waals surface area contributed by atoms with Crippen molar-refractivity contribution < 1.29 is 4.79 Å². The lowest BCUT2D eigenvalue weighted by atomic mass is 10.1. The summed E-state index contributed by atoms with van der Waals surface area (Å²) >= 11 is 7.41. The molecule has 1 aromatic carbocycles. The Kier molecular flexibility index (Phi) is 4.20. The summed E-state index contributed by atoms with van der Waals surface area (Å²) in [4.78, 5) is 13.8. The van der Waals surface area contributed by atoms with E-state index in [0.717, 1.165) is 21.2 Å². The number of aldehydes is 1. The Morgan fingerprint density at radius 3 is 2.79 bits per heavy atom. The van der Waals surface area contributed by atoms with Gasteiger partial charge in [-0.25, -0.2) is 0 Å². The van der Waals surface area contributed by atoms with Crippen molar-refractivity contribution in [2.45, 2.75) is 6.54 Å². The zero-order valence-electron chi connectivity index (χ0n) is 10.3. The summed E-state index contributed by atoms with van der Waals surface area (Å²) in [5.41, 5.74) is 1.81. The van der Waals surface area contributed by atoms with E-state index in [4.69, 9.17) is 16.9 Å². The van der Waals surface area contributed by atoms with Crippen LogP contribution in [-0.2, 0) is 6.54 Å². The van der Waals surface area contributed by atoms with E-state index < -0.39 is 0 Å². The molecular formula is C14H11ClN2OS. The maximum Gasteiger partial charge on any atom is 0.150 e. The minimum Gasteiger partial charge on any atom is -0.368 e. The lowest BCUT2D eigenvalue weighted by Gasteiger charge is -2.19. The standard InChI is InChI=1S/C14H11ClN2OS/c1-17(8-12-3-5-14(15)19-12)13-4-2-10(9-18)6-11(13)7-16/h2-6,9H,8H2,1H3. The third-order valence-electron chi connectivity index (χ3n) is 2.71. The molecule has 1 heterocycles. The van der Waals surface area contributed by atoms with E-state index in [9.17, 15) is 4.79 Å². The Morgan fingerprint density at radius 1 is 1.42 bits per heavy atom. The number of halogens is 1. The van der Waals surface area contributed by atoms with Crippen LogP contribution < -0.4 is 4.90 Å². The van der Waals surface area contributed by atoms with Crippen LogP contribution in [0.1, 0.15) is 20.8 Å². The molecule has 1 aromatic heterocycles. The van der Waals surface area contributed by atoms with E-state index in [0.29, 0.717) is 17.7 Å². The first kappa shape index (κ1) is 13.6. The number of thiophene rings is 1. The molecule has 0 aliphatic heterocycles. The van der Waals surface area contributed by atoms with Crippen LogP contribution in [0, 0.1) is 11.3 Å². The van der Waals surface area contributed by atoms with Crippen LogP contribution in [0.3, 0.4) is 0 Å². The van der Waals surface area contributed by atoms with Crippen LogP contribution in [0.5, 0.6) is 0 Å². The summed E-state index contributed by atoms with van der Waals surface area (Å²) in [6.45, 7) is 0.673. The molecule has 0 aliphatic rings. The fourth-order valence-corrected chi connectivity index (χ4v) is 2.95. The maximum absolute atomic E-state index is 10.7. The molecule has 0 bridgehead atoms. The monoisotopic (exact) mass is 290 g/mol. The number of hydrogen-bond acceptors (Lipinski definition) is 4. The van der Waals surface area contributed by atoms with Gasteiger partial charge in [-0.05, 0) is 30.3 Å². The van der Waals surface area contributed by atoms with Crippen molar-refractivity contribution in [3.05, 3.63) is 50.7 Å². The Hall–Kier alpha value is -1.83. The zero-order valence-corrected chi connectivity index (χ0v) is 11.8. The second-order valence-electron chi connectivity index (χ2n) is 4.07. The number of hydrogen-bond donors (Lipinski definition) is 0. The Balaban J connectivity index is 2.26. The van der Waals surface area contributed by atoms with Gasteiger partial charge >= 0.3 is 0 Å². The summed E-state index contributed by atoms with van der Waals surface area (Å²) in [6, 6.07) is 11.0. The number of carbonyl (C=O) groups excluding carboxylic acids is 1. The molecule has 0 saturated heterocycles. The molecular weight excluding hydrogens is 280 g/mol. The number of nitrogens with zero attached hydrogens (tertiary/aromatic N) is 2. The summed E-state index contributed by atoms with van der Waals surface area (Å²) in [5.74, 6) is 0. The molecule has 0 saturated carbocycles. The highest BCUT2D eigenvalue weighted by molar-refractivity contribution is 7.16. The average molecular weight is 291 g/mol. The molecule has 0 amide bonds. The molecule has 0 unspecified atom stereocenters. The molecule has 3 nitrogen and oxygen atoms in total. The van der Waals surface area contributed by atoms with Gasteiger partial charge in [-0.3, -0.25) is 4.79 Å². The highest BCUT2D eigenvalue weighted by Gasteiger charge is 2.10. The predicted octanol–water partition coefficient (Wildman–Crippen LogP) is 3.72. The molecule has 2 aromatic rings. The molecule has 0 radical (unpaired) electrons. The quantitative estimate of drug-likeness (QED) is 0.806. The van der Waals surface area contributed by atoms with Crippen LogP contribution >= 0.6 is 22.9 Å². The summed E-state index contributed by atoms with van der Waals surface area (Å²) in [5, 5.41) is 9.15. The van der Waals surface area contributed by atoms with Crippen molar-refractivity contribution in [2.24, 2.45) is 0 Å². The van der Waals surface area contributed by atoms with Gasteiger partial charge in [0.15, 0.2) is 0 Å². The van der Waals surface area contributed by atoms with Crippen molar-refractivity contribution in [1.29, 1.82) is 5.26 Å². The van der Waals surface area contributed by atoms with E-state index in [1.54, 1.807) is 18.2 Å². The van der Waals surface area contributed by atoms with Crippen molar-refractivity contribution in [2.75, 3.05) is 11.9 Å². The number of rotatable bonds is 4. The molecule has 19 heavy (non-hydrogen) atoms. The maximum atomic E-state index is 10.7. The first-order valence-electron chi connectivity index (χ1n) is 5.58. The van der Waals surface area contributed by atoms with Gasteiger partial charge in [0.2, 0.25) is 0 Å². The SMILES string of the molecule is CN(Cc1ccc(Cl)s1)c1ccc(C=O)cc1C#N. The largest absolute Gasteiger partial charge is 0.368 e. The van der Waals surface area contributed by atoms with Gasteiger partial charge in [0.1, 0.15) is 12.4 Å². The van der Waals surface area contributed by atoms with E-state index in [1.807, 2.05) is 24.1 Å². The van der Waals surface area contributed by atoms with Gasteiger partial charge in [-0.1, -0.05) is 11.6 Å². The highest BCUT2D eigenvalue weighted by atomic mass is 35.5. The summed E-state index contributed by atoms with van der Waals surface area (Å²) < 4.78 is 0.750. The number of benzene rings is 1. The summed E-state index contributed by atoms with van der Waals surface area (Å²) in [7, 11) is 1.91. The third-order valence-corrected chi connectivity index (χ3v) is 3.93. The molecule has 0 aliphatic carbocycles. The van der Waals surface area contributed by atoms with Crippen molar-refractivity contribution in [3.8, 4) is 6.07 Å². The third kappa shape index (κ3) is 3.14. The van der Waals surface area contributed by atoms with Crippen LogP contribution in [0.4, 0.5) is 5.69 Å².